The predicted molar refractivity (Wildman–Crippen MR) is 82.3 cm³/mol. The second-order valence-corrected chi connectivity index (χ2v) is 4.63. The fraction of sp³-hybridized carbons (Fsp3) is 0.235. The van der Waals surface area contributed by atoms with Crippen LogP contribution in [0.15, 0.2) is 48.5 Å². The predicted octanol–water partition coefficient (Wildman–Crippen LogP) is 3.38. The van der Waals surface area contributed by atoms with Crippen LogP contribution in [-0.4, -0.2) is 19.1 Å². The fourth-order valence-corrected chi connectivity index (χ4v) is 1.80. The van der Waals surface area contributed by atoms with Gasteiger partial charge in [0.1, 0.15) is 24.8 Å². The van der Waals surface area contributed by atoms with E-state index in [4.69, 9.17) is 9.47 Å². The number of hydrogen-bond acceptors (Lipinski definition) is 3. The molecule has 2 aromatic carbocycles. The van der Waals surface area contributed by atoms with Crippen molar-refractivity contribution in [3.63, 3.8) is 0 Å². The Kier molecular flexibility index (Phi) is 5.91. The van der Waals surface area contributed by atoms with Crippen molar-refractivity contribution in [1.29, 1.82) is 0 Å². The maximum Gasteiger partial charge on any atom is 0.250 e. The van der Waals surface area contributed by atoms with Crippen LogP contribution in [0.4, 0.5) is 10.1 Å². The third-order valence-corrected chi connectivity index (χ3v) is 2.87. The second kappa shape index (κ2) is 8.14. The first-order valence-corrected chi connectivity index (χ1v) is 7.02. The molecule has 0 saturated carbocycles. The molecule has 4 nitrogen and oxygen atoms in total. The Morgan fingerprint density at radius 1 is 1.18 bits per heavy atom. The van der Waals surface area contributed by atoms with Gasteiger partial charge in [0, 0.05) is 18.4 Å². The molecule has 0 heterocycles. The van der Waals surface area contributed by atoms with Gasteiger partial charge in [-0.05, 0) is 36.8 Å². The van der Waals surface area contributed by atoms with Crippen molar-refractivity contribution >= 4 is 11.6 Å². The Morgan fingerprint density at radius 3 is 2.68 bits per heavy atom. The number of benzene rings is 2. The third-order valence-electron chi connectivity index (χ3n) is 2.87. The normalized spacial score (nSPS) is 10.3. The van der Waals surface area contributed by atoms with Crippen LogP contribution in [0, 0.1) is 5.82 Å². The van der Waals surface area contributed by atoms with E-state index in [0.29, 0.717) is 24.7 Å². The zero-order valence-electron chi connectivity index (χ0n) is 12.3. The number of carbonyl (C=O) groups is 1. The molecule has 5 heteroatoms. The topological polar surface area (TPSA) is 47.6 Å². The molecule has 0 unspecified atom stereocenters. The Labute approximate surface area is 128 Å². The number of hydrogen-bond donors (Lipinski definition) is 1. The highest BCUT2D eigenvalue weighted by molar-refractivity contribution is 5.91. The molecule has 0 atom stereocenters. The van der Waals surface area contributed by atoms with Gasteiger partial charge in [0.15, 0.2) is 0 Å². The van der Waals surface area contributed by atoms with E-state index in [-0.39, 0.29) is 18.3 Å². The van der Waals surface area contributed by atoms with Gasteiger partial charge in [0.2, 0.25) is 5.91 Å². The molecule has 22 heavy (non-hydrogen) atoms. The summed E-state index contributed by atoms with van der Waals surface area (Å²) in [4.78, 5) is 11.6. The first kappa shape index (κ1) is 16.0. The average molecular weight is 303 g/mol. The molecule has 0 aliphatic rings. The third kappa shape index (κ3) is 5.18. The molecule has 0 fully saturated rings. The molecule has 0 radical (unpaired) electrons. The average Bonchev–Trinajstić information content (AvgIpc) is 2.53. The minimum atomic E-state index is -0.275. The van der Waals surface area contributed by atoms with Gasteiger partial charge in [-0.25, -0.2) is 4.39 Å². The minimum Gasteiger partial charge on any atom is -0.489 e. The fourth-order valence-electron chi connectivity index (χ4n) is 1.80. The summed E-state index contributed by atoms with van der Waals surface area (Å²) in [6, 6.07) is 13.2. The number of rotatable bonds is 7. The van der Waals surface area contributed by atoms with E-state index in [2.05, 4.69) is 5.32 Å². The molecular formula is C17H18FNO3. The second-order valence-electron chi connectivity index (χ2n) is 4.63. The molecule has 0 saturated heterocycles. The standard InChI is InChI=1S/C17H18FNO3/c1-2-21-12-17(20)19-15-4-3-5-16(10-15)22-11-13-6-8-14(18)9-7-13/h3-10H,2,11-12H2,1H3,(H,19,20). The first-order valence-electron chi connectivity index (χ1n) is 7.02. The molecule has 0 aromatic heterocycles. The lowest BCUT2D eigenvalue weighted by molar-refractivity contribution is -0.120. The minimum absolute atomic E-state index is 0.0250. The number of halogens is 1. The number of anilines is 1. The van der Waals surface area contributed by atoms with Gasteiger partial charge in [0.05, 0.1) is 0 Å². The van der Waals surface area contributed by atoms with Crippen LogP contribution < -0.4 is 10.1 Å². The lowest BCUT2D eigenvalue weighted by Gasteiger charge is -2.09. The van der Waals surface area contributed by atoms with Crippen LogP contribution in [0.1, 0.15) is 12.5 Å². The quantitative estimate of drug-likeness (QED) is 0.853. The van der Waals surface area contributed by atoms with Crippen molar-refractivity contribution in [2.45, 2.75) is 13.5 Å². The zero-order valence-corrected chi connectivity index (χ0v) is 12.3. The summed E-state index contributed by atoms with van der Waals surface area (Å²) in [6.45, 7) is 2.68. The molecule has 1 amide bonds. The zero-order chi connectivity index (χ0) is 15.8. The van der Waals surface area contributed by atoms with Crippen LogP contribution in [0.2, 0.25) is 0 Å². The first-order chi connectivity index (χ1) is 10.7. The van der Waals surface area contributed by atoms with Gasteiger partial charge < -0.3 is 14.8 Å². The summed E-state index contributed by atoms with van der Waals surface area (Å²) in [7, 11) is 0. The molecule has 0 aliphatic carbocycles. The van der Waals surface area contributed by atoms with E-state index in [1.165, 1.54) is 12.1 Å². The van der Waals surface area contributed by atoms with E-state index in [0.717, 1.165) is 5.56 Å². The van der Waals surface area contributed by atoms with Crippen LogP contribution in [0.3, 0.4) is 0 Å². The van der Waals surface area contributed by atoms with Gasteiger partial charge in [-0.15, -0.1) is 0 Å². The van der Waals surface area contributed by atoms with Crippen LogP contribution in [0.5, 0.6) is 5.75 Å². The van der Waals surface area contributed by atoms with E-state index < -0.39 is 0 Å². The number of amides is 1. The highest BCUT2D eigenvalue weighted by Crippen LogP contribution is 2.18. The van der Waals surface area contributed by atoms with Crippen molar-refractivity contribution in [3.8, 4) is 5.75 Å². The summed E-state index contributed by atoms with van der Waals surface area (Å²) in [5.41, 5.74) is 1.51. The van der Waals surface area contributed by atoms with Crippen LogP contribution >= 0.6 is 0 Å². The van der Waals surface area contributed by atoms with Crippen LogP contribution in [0.25, 0.3) is 0 Å². The molecule has 116 valence electrons. The molecule has 0 spiro atoms. The number of nitrogens with one attached hydrogen (secondary N) is 1. The summed E-state index contributed by atoms with van der Waals surface area (Å²) in [5.74, 6) is 0.138. The summed E-state index contributed by atoms with van der Waals surface area (Å²) < 4.78 is 23.5. The maximum absolute atomic E-state index is 12.8. The van der Waals surface area contributed by atoms with Crippen molar-refractivity contribution in [3.05, 3.63) is 59.9 Å². The summed E-state index contributed by atoms with van der Waals surface area (Å²) in [6.07, 6.45) is 0. The largest absolute Gasteiger partial charge is 0.489 e. The summed E-state index contributed by atoms with van der Waals surface area (Å²) in [5, 5.41) is 2.73. The molecule has 0 aliphatic heterocycles. The van der Waals surface area contributed by atoms with Gasteiger partial charge in [-0.1, -0.05) is 18.2 Å². The Hall–Kier alpha value is -2.40. The maximum atomic E-state index is 12.8. The number of ether oxygens (including phenoxy) is 2. The Bertz CT molecular complexity index is 614. The molecular weight excluding hydrogens is 285 g/mol. The monoisotopic (exact) mass is 303 g/mol. The van der Waals surface area contributed by atoms with E-state index >= 15 is 0 Å². The van der Waals surface area contributed by atoms with Crippen LogP contribution in [-0.2, 0) is 16.1 Å². The Morgan fingerprint density at radius 2 is 1.95 bits per heavy atom. The van der Waals surface area contributed by atoms with Gasteiger partial charge in [-0.3, -0.25) is 4.79 Å². The molecule has 1 N–H and O–H groups in total. The molecule has 0 bridgehead atoms. The highest BCUT2D eigenvalue weighted by atomic mass is 19.1. The highest BCUT2D eigenvalue weighted by Gasteiger charge is 2.03. The van der Waals surface area contributed by atoms with Gasteiger partial charge in [-0.2, -0.15) is 0 Å². The lowest BCUT2D eigenvalue weighted by Crippen LogP contribution is -2.18. The van der Waals surface area contributed by atoms with E-state index in [1.807, 2.05) is 6.92 Å². The molecule has 2 rings (SSSR count). The summed E-state index contributed by atoms with van der Waals surface area (Å²) >= 11 is 0. The van der Waals surface area contributed by atoms with E-state index in [1.54, 1.807) is 36.4 Å². The van der Waals surface area contributed by atoms with E-state index in [9.17, 15) is 9.18 Å². The molecule has 2 aromatic rings. The lowest BCUT2D eigenvalue weighted by atomic mass is 10.2. The van der Waals surface area contributed by atoms with Gasteiger partial charge in [0.25, 0.3) is 0 Å². The number of carbonyl (C=O) groups excluding carboxylic acids is 1. The Balaban J connectivity index is 1.90. The van der Waals surface area contributed by atoms with Crippen molar-refractivity contribution in [2.75, 3.05) is 18.5 Å². The van der Waals surface area contributed by atoms with Crippen molar-refractivity contribution < 1.29 is 18.7 Å². The van der Waals surface area contributed by atoms with Gasteiger partial charge >= 0.3 is 0 Å². The smallest absolute Gasteiger partial charge is 0.250 e. The SMILES string of the molecule is CCOCC(=O)Nc1cccc(OCc2ccc(F)cc2)c1. The van der Waals surface area contributed by atoms with Crippen molar-refractivity contribution in [1.82, 2.24) is 0 Å². The van der Waals surface area contributed by atoms with Crippen molar-refractivity contribution in [2.24, 2.45) is 0 Å².